The average molecular weight is 205 g/mol. The number of rotatable bonds is 2. The molecule has 0 saturated carbocycles. The third-order valence-corrected chi connectivity index (χ3v) is 1.39. The zero-order valence-electron chi connectivity index (χ0n) is 7.12. The number of nitrogens with zero attached hydrogens (tertiary/aromatic N) is 3. The highest BCUT2D eigenvalue weighted by Crippen LogP contribution is 2.14. The van der Waals surface area contributed by atoms with Gasteiger partial charge in [0.25, 0.3) is 6.43 Å². The van der Waals surface area contributed by atoms with E-state index in [0.29, 0.717) is 0 Å². The molecule has 14 heavy (non-hydrogen) atoms. The summed E-state index contributed by atoms with van der Waals surface area (Å²) in [5.74, 6) is -1.03. The van der Waals surface area contributed by atoms with Gasteiger partial charge in [-0.25, -0.2) is 13.8 Å². The molecule has 0 fully saturated rings. The highest BCUT2D eigenvalue weighted by atomic mass is 19.3. The summed E-state index contributed by atoms with van der Waals surface area (Å²) >= 11 is 0. The summed E-state index contributed by atoms with van der Waals surface area (Å²) in [7, 11) is 0.880. The molecule has 4 nitrogen and oxygen atoms in total. The molecule has 0 aliphatic heterocycles. The maximum absolute atomic E-state index is 12.3. The number of hydrogen-bond donors (Lipinski definition) is 0. The Labute approximate surface area is 77.3 Å². The van der Waals surface area contributed by atoms with Crippen LogP contribution in [-0.2, 0) is 0 Å². The Balaban J connectivity index is 2.89. The van der Waals surface area contributed by atoms with Gasteiger partial charge in [-0.15, -0.1) is 0 Å². The molecule has 1 heterocycles. The lowest BCUT2D eigenvalue weighted by atomic mass is 10.4. The molecule has 0 unspecified atom stereocenters. The molecule has 0 bridgehead atoms. The molecule has 0 N–H and O–H groups in total. The minimum atomic E-state index is -2.75. The van der Waals surface area contributed by atoms with Crippen LogP contribution in [0.1, 0.15) is 22.6 Å². The van der Waals surface area contributed by atoms with Crippen molar-refractivity contribution in [1.29, 1.82) is 0 Å². The van der Waals surface area contributed by atoms with Crippen molar-refractivity contribution in [2.24, 2.45) is 0 Å². The van der Waals surface area contributed by atoms with Gasteiger partial charge in [-0.2, -0.15) is 5.12 Å². The van der Waals surface area contributed by atoms with E-state index >= 15 is 0 Å². The molecule has 0 aliphatic carbocycles. The monoisotopic (exact) mass is 205 g/mol. The van der Waals surface area contributed by atoms with Gasteiger partial charge < -0.3 is 0 Å². The Bertz CT molecular complexity index is 325. The van der Waals surface area contributed by atoms with Crippen molar-refractivity contribution in [3.8, 4) is 0 Å². The summed E-state index contributed by atoms with van der Waals surface area (Å²) in [6.45, 7) is 0. The largest absolute Gasteiger partial charge is 0.301 e. The second-order valence-corrected chi connectivity index (χ2v) is 2.41. The lowest BCUT2D eigenvalue weighted by Crippen LogP contribution is -2.19. The van der Waals surface area contributed by atoms with Crippen molar-refractivity contribution < 1.29 is 18.1 Å². The van der Waals surface area contributed by atoms with Crippen LogP contribution >= 0.6 is 0 Å². The van der Waals surface area contributed by atoms with Crippen LogP contribution in [0, 0.1) is 0 Å². The predicted octanol–water partition coefficient (Wildman–Crippen LogP) is 1.37. The Morgan fingerprint density at radius 2 is 2.07 bits per heavy atom. The first-order valence-corrected chi connectivity index (χ1v) is 3.56. The number of alkyl halides is 2. The van der Waals surface area contributed by atoms with E-state index in [1.165, 1.54) is 0 Å². The molecule has 1 amide bonds. The van der Waals surface area contributed by atoms with E-state index < -0.39 is 18.0 Å². The normalized spacial score (nSPS) is 10.4. The number of amides is 1. The lowest BCUT2D eigenvalue weighted by Gasteiger charge is -2.04. The Morgan fingerprint density at radius 1 is 1.43 bits per heavy atom. The van der Waals surface area contributed by atoms with E-state index in [1.807, 2.05) is 0 Å². The van der Waals surface area contributed by atoms with Gasteiger partial charge in [0.1, 0.15) is 11.4 Å². The summed E-state index contributed by atoms with van der Waals surface area (Å²) in [6, 6.07) is 0. The maximum Gasteiger partial charge on any atom is 0.301 e. The van der Waals surface area contributed by atoms with Crippen LogP contribution in [-0.4, -0.2) is 28.0 Å². The van der Waals surface area contributed by atoms with E-state index in [9.17, 15) is 18.1 Å². The Kier molecular flexibility index (Phi) is 3.00. The molecule has 0 spiro atoms. The molecule has 1 aromatic rings. The van der Waals surface area contributed by atoms with Gasteiger partial charge in [0, 0.05) is 7.05 Å². The SMILES string of the molecule is CN(F)C(=O)c1cnc(C(F)F)cn1. The number of halogens is 3. The molecule has 0 radical (unpaired) electrons. The van der Waals surface area contributed by atoms with Crippen molar-refractivity contribution in [2.45, 2.75) is 6.43 Å². The molecule has 0 saturated heterocycles. The minimum Gasteiger partial charge on any atom is -0.265 e. The number of carbonyl (C=O) groups is 1. The van der Waals surface area contributed by atoms with Crippen LogP contribution in [0.2, 0.25) is 0 Å². The summed E-state index contributed by atoms with van der Waals surface area (Å²) in [5.41, 5.74) is -0.873. The van der Waals surface area contributed by atoms with Gasteiger partial charge in [0.05, 0.1) is 12.4 Å². The van der Waals surface area contributed by atoms with E-state index in [4.69, 9.17) is 0 Å². The highest BCUT2D eigenvalue weighted by molar-refractivity contribution is 5.90. The first-order valence-electron chi connectivity index (χ1n) is 3.56. The molecule has 0 atom stereocenters. The van der Waals surface area contributed by atoms with Gasteiger partial charge >= 0.3 is 5.91 Å². The molecule has 7 heteroatoms. The summed E-state index contributed by atoms with van der Waals surface area (Å²) < 4.78 is 36.3. The van der Waals surface area contributed by atoms with Crippen LogP contribution in [0.15, 0.2) is 12.4 Å². The van der Waals surface area contributed by atoms with E-state index in [0.717, 1.165) is 19.4 Å². The predicted molar refractivity (Wildman–Crippen MR) is 40.2 cm³/mol. The van der Waals surface area contributed by atoms with Crippen LogP contribution in [0.5, 0.6) is 0 Å². The van der Waals surface area contributed by atoms with Crippen molar-refractivity contribution in [3.63, 3.8) is 0 Å². The average Bonchev–Trinajstić information content (AvgIpc) is 2.16. The Hall–Kier alpha value is -1.66. The zero-order valence-corrected chi connectivity index (χ0v) is 7.12. The van der Waals surface area contributed by atoms with Crippen molar-refractivity contribution >= 4 is 5.91 Å². The van der Waals surface area contributed by atoms with E-state index in [1.54, 1.807) is 0 Å². The smallest absolute Gasteiger partial charge is 0.265 e. The lowest BCUT2D eigenvalue weighted by molar-refractivity contribution is 0.0336. The third kappa shape index (κ3) is 2.18. The molecule has 0 aliphatic rings. The molecular formula is C7H6F3N3O. The maximum atomic E-state index is 12.3. The highest BCUT2D eigenvalue weighted by Gasteiger charge is 2.15. The van der Waals surface area contributed by atoms with Crippen LogP contribution < -0.4 is 0 Å². The van der Waals surface area contributed by atoms with Crippen LogP contribution in [0.25, 0.3) is 0 Å². The molecule has 76 valence electrons. The third-order valence-electron chi connectivity index (χ3n) is 1.39. The van der Waals surface area contributed by atoms with Gasteiger partial charge in [0.2, 0.25) is 0 Å². The molecular weight excluding hydrogens is 199 g/mol. The fourth-order valence-electron chi connectivity index (χ4n) is 0.719. The Morgan fingerprint density at radius 3 is 2.43 bits per heavy atom. The van der Waals surface area contributed by atoms with Crippen LogP contribution in [0.4, 0.5) is 13.3 Å². The van der Waals surface area contributed by atoms with Crippen LogP contribution in [0.3, 0.4) is 0 Å². The van der Waals surface area contributed by atoms with Crippen molar-refractivity contribution in [3.05, 3.63) is 23.8 Å². The van der Waals surface area contributed by atoms with Crippen molar-refractivity contribution in [2.75, 3.05) is 7.05 Å². The number of hydrogen-bond acceptors (Lipinski definition) is 3. The van der Waals surface area contributed by atoms with Gasteiger partial charge in [-0.05, 0) is 0 Å². The second kappa shape index (κ2) is 4.03. The number of aromatic nitrogens is 2. The first kappa shape index (κ1) is 10.4. The number of carbonyl (C=O) groups excluding carboxylic acids is 1. The van der Waals surface area contributed by atoms with Gasteiger partial charge in [0.15, 0.2) is 0 Å². The zero-order chi connectivity index (χ0) is 10.7. The van der Waals surface area contributed by atoms with Gasteiger partial charge in [-0.3, -0.25) is 9.78 Å². The van der Waals surface area contributed by atoms with E-state index in [2.05, 4.69) is 9.97 Å². The molecule has 1 rings (SSSR count). The summed E-state index contributed by atoms with van der Waals surface area (Å²) in [4.78, 5) is 17.5. The fourth-order valence-corrected chi connectivity index (χ4v) is 0.719. The van der Waals surface area contributed by atoms with E-state index in [-0.39, 0.29) is 10.8 Å². The van der Waals surface area contributed by atoms with Gasteiger partial charge in [-0.1, -0.05) is 4.48 Å². The second-order valence-electron chi connectivity index (χ2n) is 2.41. The quantitative estimate of drug-likeness (QED) is 0.685. The first-order chi connectivity index (χ1) is 6.52. The fraction of sp³-hybridized carbons (Fsp3) is 0.286. The molecule has 1 aromatic heterocycles. The summed E-state index contributed by atoms with van der Waals surface area (Å²) in [5, 5.41) is -0.202. The topological polar surface area (TPSA) is 46.1 Å². The molecule has 0 aromatic carbocycles. The summed E-state index contributed by atoms with van der Waals surface area (Å²) in [6.07, 6.45) is -1.21. The minimum absolute atomic E-state index is 0.202. The standard InChI is InChI=1S/C7H6F3N3O/c1-13(10)7(14)5-3-11-4(2-12-5)6(8)9/h2-3,6H,1H3. The van der Waals surface area contributed by atoms with Crippen molar-refractivity contribution in [1.82, 2.24) is 15.1 Å².